The van der Waals surface area contributed by atoms with Gasteiger partial charge in [0.25, 0.3) is 0 Å². The standard InChI is InChI=1S/C23H29BrN2O3S/c1-3-18-15-19(24)14-17(2)23(18)25-22(27)16-26(20-10-6-4-7-11-20)30(28,29)21-12-8-5-9-13-21/h5,8-9,12-15,20H,3-4,6-7,10-11,16H2,1-2H3,(H,25,27). The number of carbonyl (C=O) groups excluding carboxylic acids is 1. The zero-order chi connectivity index (χ0) is 21.7. The maximum absolute atomic E-state index is 13.4. The summed E-state index contributed by atoms with van der Waals surface area (Å²) >= 11 is 3.50. The van der Waals surface area contributed by atoms with E-state index in [1.807, 2.05) is 26.0 Å². The first-order valence-electron chi connectivity index (χ1n) is 10.5. The van der Waals surface area contributed by atoms with Crippen molar-refractivity contribution >= 4 is 37.5 Å². The molecule has 1 aliphatic rings. The number of rotatable bonds is 7. The molecule has 1 fully saturated rings. The zero-order valence-corrected chi connectivity index (χ0v) is 19.9. The normalized spacial score (nSPS) is 15.3. The van der Waals surface area contributed by atoms with Crippen molar-refractivity contribution in [1.82, 2.24) is 4.31 Å². The molecule has 2 aromatic carbocycles. The molecule has 1 N–H and O–H groups in total. The van der Waals surface area contributed by atoms with Crippen LogP contribution in [0.4, 0.5) is 5.69 Å². The van der Waals surface area contributed by atoms with Crippen LogP contribution in [-0.4, -0.2) is 31.2 Å². The molecule has 1 aliphatic carbocycles. The largest absolute Gasteiger partial charge is 0.324 e. The van der Waals surface area contributed by atoms with Crippen molar-refractivity contribution in [3.05, 3.63) is 58.1 Å². The fraction of sp³-hybridized carbons (Fsp3) is 0.435. The van der Waals surface area contributed by atoms with Gasteiger partial charge in [-0.1, -0.05) is 60.3 Å². The van der Waals surface area contributed by atoms with Crippen LogP contribution < -0.4 is 5.32 Å². The Morgan fingerprint density at radius 1 is 1.13 bits per heavy atom. The van der Waals surface area contributed by atoms with Gasteiger partial charge in [-0.3, -0.25) is 4.79 Å². The molecule has 3 rings (SSSR count). The summed E-state index contributed by atoms with van der Waals surface area (Å²) < 4.78 is 29.2. The maximum atomic E-state index is 13.4. The Hall–Kier alpha value is -1.70. The lowest BCUT2D eigenvalue weighted by molar-refractivity contribution is -0.116. The van der Waals surface area contributed by atoms with Crippen molar-refractivity contribution in [2.45, 2.75) is 63.3 Å². The number of carbonyl (C=O) groups is 1. The van der Waals surface area contributed by atoms with Crippen LogP contribution in [0.25, 0.3) is 0 Å². The Morgan fingerprint density at radius 2 is 1.80 bits per heavy atom. The van der Waals surface area contributed by atoms with Gasteiger partial charge in [0.15, 0.2) is 0 Å². The molecule has 0 aromatic heterocycles. The Labute approximate surface area is 188 Å². The summed E-state index contributed by atoms with van der Waals surface area (Å²) in [4.78, 5) is 13.3. The number of benzene rings is 2. The monoisotopic (exact) mass is 492 g/mol. The molecule has 0 radical (unpaired) electrons. The van der Waals surface area contributed by atoms with E-state index in [1.54, 1.807) is 30.3 Å². The molecule has 1 saturated carbocycles. The highest BCUT2D eigenvalue weighted by atomic mass is 79.9. The second-order valence-corrected chi connectivity index (χ2v) is 10.6. The van der Waals surface area contributed by atoms with Crippen molar-refractivity contribution in [2.24, 2.45) is 0 Å². The van der Waals surface area contributed by atoms with E-state index in [-0.39, 0.29) is 23.4 Å². The number of halogens is 1. The fourth-order valence-electron chi connectivity index (χ4n) is 4.10. The quantitative estimate of drug-likeness (QED) is 0.571. The molecule has 0 saturated heterocycles. The number of hydrogen-bond acceptors (Lipinski definition) is 3. The molecule has 30 heavy (non-hydrogen) atoms. The molecule has 0 aliphatic heterocycles. The number of sulfonamides is 1. The second kappa shape index (κ2) is 10.1. The minimum Gasteiger partial charge on any atom is -0.324 e. The zero-order valence-electron chi connectivity index (χ0n) is 17.5. The third-order valence-electron chi connectivity index (χ3n) is 5.66. The molecule has 5 nitrogen and oxygen atoms in total. The van der Waals surface area contributed by atoms with Crippen molar-refractivity contribution in [3.8, 4) is 0 Å². The summed E-state index contributed by atoms with van der Waals surface area (Å²) in [5, 5.41) is 2.98. The minimum absolute atomic E-state index is 0.147. The van der Waals surface area contributed by atoms with Gasteiger partial charge in [-0.15, -0.1) is 0 Å². The predicted octanol–water partition coefficient (Wildman–Crippen LogP) is 5.28. The molecular formula is C23H29BrN2O3S. The van der Waals surface area contributed by atoms with Crippen LogP contribution in [0.3, 0.4) is 0 Å². The van der Waals surface area contributed by atoms with Gasteiger partial charge < -0.3 is 5.32 Å². The van der Waals surface area contributed by atoms with Crippen molar-refractivity contribution < 1.29 is 13.2 Å². The first kappa shape index (κ1) is 23.0. The third-order valence-corrected chi connectivity index (χ3v) is 8.03. The van der Waals surface area contributed by atoms with Crippen LogP contribution in [0, 0.1) is 6.92 Å². The highest BCUT2D eigenvalue weighted by Gasteiger charge is 2.34. The van der Waals surface area contributed by atoms with Crippen LogP contribution in [0.1, 0.15) is 50.2 Å². The van der Waals surface area contributed by atoms with Crippen LogP contribution in [-0.2, 0) is 21.2 Å². The lowest BCUT2D eigenvalue weighted by Gasteiger charge is -2.33. The van der Waals surface area contributed by atoms with E-state index in [2.05, 4.69) is 21.2 Å². The topological polar surface area (TPSA) is 66.5 Å². The van der Waals surface area contributed by atoms with E-state index in [1.165, 1.54) is 4.31 Å². The van der Waals surface area contributed by atoms with Crippen LogP contribution in [0.5, 0.6) is 0 Å². The Bertz CT molecular complexity index is 987. The number of amides is 1. The van der Waals surface area contributed by atoms with Crippen molar-refractivity contribution in [2.75, 3.05) is 11.9 Å². The minimum atomic E-state index is -3.76. The SMILES string of the molecule is CCc1cc(Br)cc(C)c1NC(=O)CN(C1CCCCC1)S(=O)(=O)c1ccccc1. The highest BCUT2D eigenvalue weighted by Crippen LogP contribution is 2.29. The van der Waals surface area contributed by atoms with E-state index in [0.29, 0.717) is 0 Å². The molecule has 0 spiro atoms. The van der Waals surface area contributed by atoms with Crippen LogP contribution in [0.15, 0.2) is 51.8 Å². The third kappa shape index (κ3) is 5.31. The molecule has 1 amide bonds. The summed E-state index contributed by atoms with van der Waals surface area (Å²) in [5.41, 5.74) is 2.74. The summed E-state index contributed by atoms with van der Waals surface area (Å²) in [6, 6.07) is 12.2. The number of aryl methyl sites for hydroxylation is 2. The van der Waals surface area contributed by atoms with Crippen molar-refractivity contribution in [3.63, 3.8) is 0 Å². The molecule has 0 heterocycles. The van der Waals surface area contributed by atoms with Gasteiger partial charge in [0.2, 0.25) is 15.9 Å². The summed E-state index contributed by atoms with van der Waals surface area (Å²) in [6.45, 7) is 3.80. The van der Waals surface area contributed by atoms with E-state index in [4.69, 9.17) is 0 Å². The van der Waals surface area contributed by atoms with Crippen molar-refractivity contribution in [1.29, 1.82) is 0 Å². The summed E-state index contributed by atoms with van der Waals surface area (Å²) in [6.07, 6.45) is 5.43. The lowest BCUT2D eigenvalue weighted by atomic mass is 9.95. The molecule has 7 heteroatoms. The fourth-order valence-corrected chi connectivity index (χ4v) is 6.38. The highest BCUT2D eigenvalue weighted by molar-refractivity contribution is 9.10. The number of nitrogens with one attached hydrogen (secondary N) is 1. The number of hydrogen-bond donors (Lipinski definition) is 1. The molecule has 2 aromatic rings. The molecule has 0 atom stereocenters. The van der Waals surface area contributed by atoms with E-state index in [9.17, 15) is 13.2 Å². The molecular weight excluding hydrogens is 464 g/mol. The smallest absolute Gasteiger partial charge is 0.243 e. The van der Waals surface area contributed by atoms with Gasteiger partial charge in [-0.2, -0.15) is 4.31 Å². The molecule has 0 unspecified atom stereocenters. The van der Waals surface area contributed by atoms with Gasteiger partial charge in [0.05, 0.1) is 11.4 Å². The van der Waals surface area contributed by atoms with Crippen LogP contribution in [0.2, 0.25) is 0 Å². The van der Waals surface area contributed by atoms with Gasteiger partial charge in [0.1, 0.15) is 0 Å². The van der Waals surface area contributed by atoms with Crippen LogP contribution >= 0.6 is 15.9 Å². The number of anilines is 1. The maximum Gasteiger partial charge on any atom is 0.243 e. The Morgan fingerprint density at radius 3 is 2.43 bits per heavy atom. The predicted molar refractivity (Wildman–Crippen MR) is 124 cm³/mol. The Kier molecular flexibility index (Phi) is 7.71. The van der Waals surface area contributed by atoms with Gasteiger partial charge >= 0.3 is 0 Å². The van der Waals surface area contributed by atoms with Gasteiger partial charge in [-0.05, 0) is 61.6 Å². The average molecular weight is 493 g/mol. The average Bonchev–Trinajstić information content (AvgIpc) is 2.74. The van der Waals surface area contributed by atoms with E-state index >= 15 is 0 Å². The molecule has 162 valence electrons. The summed E-state index contributed by atoms with van der Waals surface area (Å²) in [7, 11) is -3.76. The number of nitrogens with zero attached hydrogens (tertiary/aromatic N) is 1. The van der Waals surface area contributed by atoms with Gasteiger partial charge in [0, 0.05) is 16.2 Å². The van der Waals surface area contributed by atoms with E-state index in [0.717, 1.165) is 59.8 Å². The Balaban J connectivity index is 1.88. The second-order valence-electron chi connectivity index (χ2n) is 7.81. The van der Waals surface area contributed by atoms with E-state index < -0.39 is 10.0 Å². The first-order valence-corrected chi connectivity index (χ1v) is 12.7. The van der Waals surface area contributed by atoms with Gasteiger partial charge in [-0.25, -0.2) is 8.42 Å². The summed E-state index contributed by atoms with van der Waals surface area (Å²) in [5.74, 6) is -0.305. The molecule has 0 bridgehead atoms. The lowest BCUT2D eigenvalue weighted by Crippen LogP contribution is -2.45. The first-order chi connectivity index (χ1) is 14.3.